The molecule has 0 atom stereocenters. The van der Waals surface area contributed by atoms with Gasteiger partial charge in [0.15, 0.2) is 0 Å². The number of aryl methyl sites for hydroxylation is 1. The number of nitrogens with zero attached hydrogens (tertiary/aromatic N) is 1. The second-order valence-electron chi connectivity index (χ2n) is 5.97. The van der Waals surface area contributed by atoms with Crippen LogP contribution in [0.5, 0.6) is 0 Å². The molecule has 1 saturated carbocycles. The zero-order chi connectivity index (χ0) is 15.2. The van der Waals surface area contributed by atoms with Crippen LogP contribution >= 0.6 is 0 Å². The zero-order valence-corrected chi connectivity index (χ0v) is 13.4. The molecule has 0 unspecified atom stereocenters. The standard InChI is InChI=1S/C17H27N3O/c1-4-18-14-9-11-16(12-10-14)20(3)17(21)19-15-7-5-13(2)6-8-15/h5-8,14,16,18H,4,9-12H2,1-3H3,(H,19,21). The number of carbonyl (C=O) groups excluding carboxylic acids is 1. The fourth-order valence-electron chi connectivity index (χ4n) is 2.97. The average molecular weight is 289 g/mol. The summed E-state index contributed by atoms with van der Waals surface area (Å²) in [6, 6.07) is 8.89. The maximum absolute atomic E-state index is 12.3. The molecule has 4 nitrogen and oxygen atoms in total. The van der Waals surface area contributed by atoms with E-state index in [9.17, 15) is 4.79 Å². The second kappa shape index (κ2) is 7.46. The highest BCUT2D eigenvalue weighted by Gasteiger charge is 2.26. The van der Waals surface area contributed by atoms with Crippen LogP contribution < -0.4 is 10.6 Å². The predicted octanol–water partition coefficient (Wildman–Crippen LogP) is 3.38. The van der Waals surface area contributed by atoms with Crippen molar-refractivity contribution in [3.8, 4) is 0 Å². The normalized spacial score (nSPS) is 21.9. The molecule has 1 aliphatic carbocycles. The zero-order valence-electron chi connectivity index (χ0n) is 13.4. The largest absolute Gasteiger partial charge is 0.325 e. The Bertz CT molecular complexity index is 450. The van der Waals surface area contributed by atoms with Crippen molar-refractivity contribution < 1.29 is 4.79 Å². The highest BCUT2D eigenvalue weighted by atomic mass is 16.2. The quantitative estimate of drug-likeness (QED) is 0.892. The van der Waals surface area contributed by atoms with Gasteiger partial charge >= 0.3 is 6.03 Å². The second-order valence-corrected chi connectivity index (χ2v) is 5.97. The Kier molecular flexibility index (Phi) is 5.62. The summed E-state index contributed by atoms with van der Waals surface area (Å²) in [6.07, 6.45) is 4.46. The first-order valence-corrected chi connectivity index (χ1v) is 7.94. The molecule has 21 heavy (non-hydrogen) atoms. The van der Waals surface area contributed by atoms with Gasteiger partial charge in [-0.2, -0.15) is 0 Å². The monoisotopic (exact) mass is 289 g/mol. The van der Waals surface area contributed by atoms with Crippen molar-refractivity contribution in [2.45, 2.75) is 51.6 Å². The lowest BCUT2D eigenvalue weighted by molar-refractivity contribution is 0.177. The van der Waals surface area contributed by atoms with Crippen LogP contribution in [-0.4, -0.2) is 36.6 Å². The molecule has 0 heterocycles. The van der Waals surface area contributed by atoms with E-state index in [0.717, 1.165) is 37.9 Å². The summed E-state index contributed by atoms with van der Waals surface area (Å²) in [5.41, 5.74) is 2.06. The van der Waals surface area contributed by atoms with Crippen LogP contribution in [0.15, 0.2) is 24.3 Å². The van der Waals surface area contributed by atoms with Gasteiger partial charge in [-0.1, -0.05) is 24.6 Å². The maximum Gasteiger partial charge on any atom is 0.321 e. The molecule has 1 aromatic carbocycles. The van der Waals surface area contributed by atoms with Crippen molar-refractivity contribution in [3.63, 3.8) is 0 Å². The van der Waals surface area contributed by atoms with Gasteiger partial charge in [0.25, 0.3) is 0 Å². The van der Waals surface area contributed by atoms with E-state index in [1.807, 2.05) is 43.1 Å². The SMILES string of the molecule is CCNC1CCC(N(C)C(=O)Nc2ccc(C)cc2)CC1. The van der Waals surface area contributed by atoms with E-state index in [4.69, 9.17) is 0 Å². The third-order valence-corrected chi connectivity index (χ3v) is 4.36. The van der Waals surface area contributed by atoms with Gasteiger partial charge in [0.1, 0.15) is 0 Å². The van der Waals surface area contributed by atoms with Crippen molar-refractivity contribution in [3.05, 3.63) is 29.8 Å². The fraction of sp³-hybridized carbons (Fsp3) is 0.588. The summed E-state index contributed by atoms with van der Waals surface area (Å²) in [6.45, 7) is 5.22. The van der Waals surface area contributed by atoms with Crippen LogP contribution in [0, 0.1) is 6.92 Å². The molecule has 2 N–H and O–H groups in total. The van der Waals surface area contributed by atoms with E-state index in [1.54, 1.807) is 0 Å². The summed E-state index contributed by atoms with van der Waals surface area (Å²) in [5.74, 6) is 0. The summed E-state index contributed by atoms with van der Waals surface area (Å²) >= 11 is 0. The Morgan fingerprint density at radius 3 is 2.38 bits per heavy atom. The molecule has 0 saturated heterocycles. The number of amides is 2. The van der Waals surface area contributed by atoms with Crippen molar-refractivity contribution in [2.75, 3.05) is 18.9 Å². The molecule has 2 rings (SSSR count). The van der Waals surface area contributed by atoms with Crippen LogP contribution in [-0.2, 0) is 0 Å². The molecule has 4 heteroatoms. The minimum absolute atomic E-state index is 0.00856. The number of urea groups is 1. The molecule has 0 spiro atoms. The van der Waals surface area contributed by atoms with E-state index in [2.05, 4.69) is 17.6 Å². The average Bonchev–Trinajstić information content (AvgIpc) is 2.50. The molecule has 1 fully saturated rings. The van der Waals surface area contributed by atoms with Gasteiger partial charge in [0.2, 0.25) is 0 Å². The van der Waals surface area contributed by atoms with E-state index in [1.165, 1.54) is 5.56 Å². The molecule has 1 aromatic rings. The first-order chi connectivity index (χ1) is 10.1. The van der Waals surface area contributed by atoms with Crippen LogP contribution in [0.1, 0.15) is 38.2 Å². The van der Waals surface area contributed by atoms with Gasteiger partial charge in [0.05, 0.1) is 0 Å². The predicted molar refractivity (Wildman–Crippen MR) is 87.7 cm³/mol. The Morgan fingerprint density at radius 2 is 1.81 bits per heavy atom. The fourth-order valence-corrected chi connectivity index (χ4v) is 2.97. The van der Waals surface area contributed by atoms with Crippen LogP contribution in [0.3, 0.4) is 0 Å². The lowest BCUT2D eigenvalue weighted by Gasteiger charge is -2.35. The molecule has 0 bridgehead atoms. The number of hydrogen-bond acceptors (Lipinski definition) is 2. The van der Waals surface area contributed by atoms with Crippen LogP contribution in [0.4, 0.5) is 10.5 Å². The Balaban J connectivity index is 1.84. The van der Waals surface area contributed by atoms with Gasteiger partial charge in [-0.15, -0.1) is 0 Å². The minimum atomic E-state index is -0.00856. The Morgan fingerprint density at radius 1 is 1.19 bits per heavy atom. The number of nitrogens with one attached hydrogen (secondary N) is 2. The number of anilines is 1. The van der Waals surface area contributed by atoms with Crippen molar-refractivity contribution in [2.24, 2.45) is 0 Å². The van der Waals surface area contributed by atoms with Crippen LogP contribution in [0.25, 0.3) is 0 Å². The minimum Gasteiger partial charge on any atom is -0.325 e. The third-order valence-electron chi connectivity index (χ3n) is 4.36. The Hall–Kier alpha value is -1.55. The van der Waals surface area contributed by atoms with E-state index < -0.39 is 0 Å². The molecule has 0 aromatic heterocycles. The van der Waals surface area contributed by atoms with Gasteiger partial charge in [-0.25, -0.2) is 4.79 Å². The number of carbonyl (C=O) groups is 1. The summed E-state index contributed by atoms with van der Waals surface area (Å²) in [7, 11) is 1.90. The van der Waals surface area contributed by atoms with Gasteiger partial charge in [-0.05, 0) is 51.3 Å². The maximum atomic E-state index is 12.3. The van der Waals surface area contributed by atoms with Gasteiger partial charge in [0, 0.05) is 24.8 Å². The molecule has 0 aliphatic heterocycles. The van der Waals surface area contributed by atoms with Crippen LogP contribution in [0.2, 0.25) is 0 Å². The van der Waals surface area contributed by atoms with Crippen molar-refractivity contribution >= 4 is 11.7 Å². The molecule has 0 radical (unpaired) electrons. The highest BCUT2D eigenvalue weighted by Crippen LogP contribution is 2.23. The summed E-state index contributed by atoms with van der Waals surface area (Å²) in [5, 5.41) is 6.47. The van der Waals surface area contributed by atoms with E-state index in [-0.39, 0.29) is 6.03 Å². The van der Waals surface area contributed by atoms with E-state index >= 15 is 0 Å². The molecule has 2 amide bonds. The number of hydrogen-bond donors (Lipinski definition) is 2. The van der Waals surface area contributed by atoms with Crippen molar-refractivity contribution in [1.82, 2.24) is 10.2 Å². The lowest BCUT2D eigenvalue weighted by atomic mass is 9.90. The van der Waals surface area contributed by atoms with Gasteiger partial charge in [-0.3, -0.25) is 0 Å². The topological polar surface area (TPSA) is 44.4 Å². The summed E-state index contributed by atoms with van der Waals surface area (Å²) < 4.78 is 0. The third kappa shape index (κ3) is 4.46. The van der Waals surface area contributed by atoms with Crippen molar-refractivity contribution in [1.29, 1.82) is 0 Å². The number of rotatable bonds is 4. The first kappa shape index (κ1) is 15.8. The number of benzene rings is 1. The summed E-state index contributed by atoms with van der Waals surface area (Å²) in [4.78, 5) is 14.2. The molecule has 116 valence electrons. The molecular formula is C17H27N3O. The highest BCUT2D eigenvalue weighted by molar-refractivity contribution is 5.89. The molecule has 1 aliphatic rings. The van der Waals surface area contributed by atoms with Gasteiger partial charge < -0.3 is 15.5 Å². The molecular weight excluding hydrogens is 262 g/mol. The Labute approximate surface area is 127 Å². The first-order valence-electron chi connectivity index (χ1n) is 7.94. The lowest BCUT2D eigenvalue weighted by Crippen LogP contribution is -2.44. The van der Waals surface area contributed by atoms with E-state index in [0.29, 0.717) is 12.1 Å². The smallest absolute Gasteiger partial charge is 0.321 e.